The summed E-state index contributed by atoms with van der Waals surface area (Å²) in [6.07, 6.45) is 4.84. The number of nitrogens with zero attached hydrogens (tertiary/aromatic N) is 4. The molecule has 152 valence electrons. The van der Waals surface area contributed by atoms with E-state index < -0.39 is 5.82 Å². The summed E-state index contributed by atoms with van der Waals surface area (Å²) in [5, 5.41) is 11.5. The summed E-state index contributed by atoms with van der Waals surface area (Å²) in [5.74, 6) is -0.0497. The Kier molecular flexibility index (Phi) is 5.76. The van der Waals surface area contributed by atoms with Crippen molar-refractivity contribution in [2.45, 2.75) is 13.3 Å². The lowest BCUT2D eigenvalue weighted by molar-refractivity contribution is 0.102. The zero-order valence-corrected chi connectivity index (χ0v) is 16.5. The second-order valence-electron chi connectivity index (χ2n) is 6.44. The van der Waals surface area contributed by atoms with Crippen LogP contribution in [-0.4, -0.2) is 25.5 Å². The number of aromatic nitrogens is 4. The van der Waals surface area contributed by atoms with Crippen molar-refractivity contribution >= 4 is 23.2 Å². The number of ether oxygens (including phenoxy) is 1. The minimum atomic E-state index is -0.397. The number of amides is 1. The molecule has 0 aliphatic heterocycles. The number of hydrogen-bond acceptors (Lipinski definition) is 4. The monoisotopic (exact) mass is 425 g/mol. The van der Waals surface area contributed by atoms with Gasteiger partial charge in [-0.05, 0) is 35.9 Å². The van der Waals surface area contributed by atoms with Crippen LogP contribution in [0.2, 0.25) is 5.02 Å². The lowest BCUT2D eigenvalue weighted by Gasteiger charge is -2.05. The van der Waals surface area contributed by atoms with Crippen molar-refractivity contribution in [3.63, 3.8) is 0 Å². The Bertz CT molecular complexity index is 1160. The molecule has 7 nitrogen and oxygen atoms in total. The number of rotatable bonds is 7. The Morgan fingerprint density at radius 3 is 2.77 bits per heavy atom. The van der Waals surface area contributed by atoms with Crippen LogP contribution in [0.3, 0.4) is 0 Å². The lowest BCUT2D eigenvalue weighted by atomic mass is 10.2. The molecule has 0 radical (unpaired) electrons. The van der Waals surface area contributed by atoms with Crippen molar-refractivity contribution in [2.75, 3.05) is 5.32 Å². The number of nitrogens with one attached hydrogen (secondary N) is 1. The highest BCUT2D eigenvalue weighted by Crippen LogP contribution is 2.19. The van der Waals surface area contributed by atoms with Crippen LogP contribution in [0.1, 0.15) is 16.1 Å². The van der Waals surface area contributed by atoms with E-state index >= 15 is 0 Å². The Balaban J connectivity index is 1.35. The molecule has 2 aromatic heterocycles. The van der Waals surface area contributed by atoms with Gasteiger partial charge in [-0.2, -0.15) is 10.2 Å². The quantitative estimate of drug-likeness (QED) is 0.481. The van der Waals surface area contributed by atoms with Gasteiger partial charge in [-0.1, -0.05) is 35.9 Å². The fourth-order valence-electron chi connectivity index (χ4n) is 2.75. The maximum absolute atomic E-state index is 13.2. The molecule has 1 N–H and O–H groups in total. The highest BCUT2D eigenvalue weighted by Gasteiger charge is 2.12. The van der Waals surface area contributed by atoms with E-state index in [0.29, 0.717) is 23.0 Å². The molecule has 0 saturated heterocycles. The van der Waals surface area contributed by atoms with Crippen molar-refractivity contribution in [3.05, 3.63) is 95.3 Å². The molecule has 4 aromatic rings. The first-order valence-corrected chi connectivity index (χ1v) is 9.44. The average Bonchev–Trinajstić information content (AvgIpc) is 3.39. The molecule has 2 heterocycles. The molecule has 0 atom stereocenters. The molecule has 0 saturated carbocycles. The molecule has 9 heteroatoms. The number of para-hydroxylation sites is 1. The molecule has 0 spiro atoms. The van der Waals surface area contributed by atoms with E-state index in [0.717, 1.165) is 5.56 Å². The number of anilines is 1. The Hall–Kier alpha value is -3.65. The van der Waals surface area contributed by atoms with Crippen LogP contribution in [0.5, 0.6) is 5.75 Å². The van der Waals surface area contributed by atoms with Crippen molar-refractivity contribution in [1.82, 2.24) is 19.6 Å². The molecule has 0 unspecified atom stereocenters. The van der Waals surface area contributed by atoms with E-state index in [1.54, 1.807) is 29.2 Å². The first kappa shape index (κ1) is 19.7. The zero-order valence-electron chi connectivity index (χ0n) is 15.7. The van der Waals surface area contributed by atoms with E-state index in [9.17, 15) is 9.18 Å². The van der Waals surface area contributed by atoms with Gasteiger partial charge >= 0.3 is 0 Å². The summed E-state index contributed by atoms with van der Waals surface area (Å²) in [6.45, 7) is 0.536. The van der Waals surface area contributed by atoms with Crippen LogP contribution < -0.4 is 10.1 Å². The van der Waals surface area contributed by atoms with Gasteiger partial charge in [0, 0.05) is 17.4 Å². The van der Waals surface area contributed by atoms with Crippen LogP contribution in [0.25, 0.3) is 0 Å². The number of halogens is 2. The van der Waals surface area contributed by atoms with E-state index in [1.165, 1.54) is 23.0 Å². The van der Waals surface area contributed by atoms with Crippen LogP contribution in [0.15, 0.2) is 73.2 Å². The second-order valence-corrected chi connectivity index (χ2v) is 6.85. The third kappa shape index (κ3) is 4.84. The third-order valence-electron chi connectivity index (χ3n) is 4.22. The predicted molar refractivity (Wildman–Crippen MR) is 110 cm³/mol. The third-order valence-corrected chi connectivity index (χ3v) is 4.57. The molecular weight excluding hydrogens is 409 g/mol. The first-order chi connectivity index (χ1) is 14.6. The van der Waals surface area contributed by atoms with Gasteiger partial charge in [0.1, 0.15) is 11.6 Å². The van der Waals surface area contributed by atoms with E-state index in [2.05, 4.69) is 15.5 Å². The SMILES string of the molecule is O=C(Nc1cnn(Cc2ccc(F)cc2Cl)c1)c1ccn(COc2ccccc2)n1. The standard InChI is InChI=1S/C21H17ClFN5O2/c22-19-10-16(23)7-6-15(19)12-28-13-17(11-24-28)25-21(29)20-8-9-27(26-20)14-30-18-4-2-1-3-5-18/h1-11,13H,12,14H2,(H,25,29). The number of hydrogen-bond donors (Lipinski definition) is 1. The summed E-state index contributed by atoms with van der Waals surface area (Å²) in [7, 11) is 0. The molecular formula is C21H17ClFN5O2. The van der Waals surface area contributed by atoms with Crippen molar-refractivity contribution < 1.29 is 13.9 Å². The molecule has 2 aromatic carbocycles. The van der Waals surface area contributed by atoms with E-state index in [-0.39, 0.29) is 18.3 Å². The van der Waals surface area contributed by atoms with Gasteiger partial charge in [0.25, 0.3) is 5.91 Å². The second kappa shape index (κ2) is 8.79. The lowest BCUT2D eigenvalue weighted by Crippen LogP contribution is -2.14. The van der Waals surface area contributed by atoms with E-state index in [1.807, 2.05) is 30.3 Å². The minimum absolute atomic E-state index is 0.188. The largest absolute Gasteiger partial charge is 0.471 e. The van der Waals surface area contributed by atoms with Crippen molar-refractivity contribution in [2.24, 2.45) is 0 Å². The van der Waals surface area contributed by atoms with Gasteiger partial charge in [-0.3, -0.25) is 9.48 Å². The number of carbonyl (C=O) groups is 1. The van der Waals surface area contributed by atoms with Crippen LogP contribution in [0.4, 0.5) is 10.1 Å². The zero-order chi connectivity index (χ0) is 20.9. The number of carbonyl (C=O) groups excluding carboxylic acids is 1. The average molecular weight is 426 g/mol. The van der Waals surface area contributed by atoms with Crippen LogP contribution in [-0.2, 0) is 13.3 Å². The highest BCUT2D eigenvalue weighted by atomic mass is 35.5. The molecule has 1 amide bonds. The minimum Gasteiger partial charge on any atom is -0.471 e. The van der Waals surface area contributed by atoms with Gasteiger partial charge in [0.05, 0.1) is 18.4 Å². The van der Waals surface area contributed by atoms with Gasteiger partial charge in [-0.25, -0.2) is 9.07 Å². The number of benzene rings is 2. The molecule has 30 heavy (non-hydrogen) atoms. The smallest absolute Gasteiger partial charge is 0.276 e. The summed E-state index contributed by atoms with van der Waals surface area (Å²) in [6, 6.07) is 15.1. The highest BCUT2D eigenvalue weighted by molar-refractivity contribution is 6.31. The molecule has 0 aliphatic rings. The van der Waals surface area contributed by atoms with E-state index in [4.69, 9.17) is 16.3 Å². The topological polar surface area (TPSA) is 74.0 Å². The first-order valence-electron chi connectivity index (χ1n) is 9.06. The summed E-state index contributed by atoms with van der Waals surface area (Å²) < 4.78 is 21.9. The maximum Gasteiger partial charge on any atom is 0.276 e. The fraction of sp³-hybridized carbons (Fsp3) is 0.0952. The van der Waals surface area contributed by atoms with Crippen molar-refractivity contribution in [3.8, 4) is 5.75 Å². The van der Waals surface area contributed by atoms with Crippen LogP contribution in [0, 0.1) is 5.82 Å². The molecule has 0 bridgehead atoms. The summed E-state index contributed by atoms with van der Waals surface area (Å²) in [5.41, 5.74) is 1.48. The predicted octanol–water partition coefficient (Wildman–Crippen LogP) is 4.21. The molecule has 4 rings (SSSR count). The van der Waals surface area contributed by atoms with Crippen LogP contribution >= 0.6 is 11.6 Å². The Labute approximate surface area is 176 Å². The molecule has 0 aliphatic carbocycles. The maximum atomic E-state index is 13.2. The Morgan fingerprint density at radius 1 is 1.13 bits per heavy atom. The molecule has 0 fully saturated rings. The van der Waals surface area contributed by atoms with Gasteiger partial charge in [0.15, 0.2) is 12.4 Å². The van der Waals surface area contributed by atoms with Gasteiger partial charge in [0.2, 0.25) is 0 Å². The summed E-state index contributed by atoms with van der Waals surface area (Å²) >= 11 is 6.05. The van der Waals surface area contributed by atoms with Gasteiger partial charge in [-0.15, -0.1) is 0 Å². The Morgan fingerprint density at radius 2 is 1.97 bits per heavy atom. The fourth-order valence-corrected chi connectivity index (χ4v) is 2.97. The normalized spacial score (nSPS) is 10.7. The van der Waals surface area contributed by atoms with Gasteiger partial charge < -0.3 is 10.1 Å². The van der Waals surface area contributed by atoms with Crippen molar-refractivity contribution in [1.29, 1.82) is 0 Å². The summed E-state index contributed by atoms with van der Waals surface area (Å²) in [4.78, 5) is 12.4.